The van der Waals surface area contributed by atoms with Crippen LogP contribution >= 0.6 is 11.3 Å². The van der Waals surface area contributed by atoms with Gasteiger partial charge in [-0.15, -0.1) is 11.3 Å². The van der Waals surface area contributed by atoms with E-state index in [1.807, 2.05) is 18.4 Å². The van der Waals surface area contributed by atoms with Gasteiger partial charge in [0.25, 0.3) is 11.6 Å². The fourth-order valence-electron chi connectivity index (χ4n) is 2.90. The largest absolute Gasteiger partial charge is 0.316 e. The summed E-state index contributed by atoms with van der Waals surface area (Å²) >= 11 is 1.39. The molecule has 0 saturated carbocycles. The highest BCUT2D eigenvalue weighted by Gasteiger charge is 2.16. The van der Waals surface area contributed by atoms with Crippen LogP contribution < -0.4 is 4.80 Å². The molecule has 0 N–H and O–H groups in total. The first-order valence-electron chi connectivity index (χ1n) is 8.76. The van der Waals surface area contributed by atoms with E-state index < -0.39 is 10.8 Å². The summed E-state index contributed by atoms with van der Waals surface area (Å²) in [6.07, 6.45) is 0.734. The van der Waals surface area contributed by atoms with Gasteiger partial charge in [-0.25, -0.2) is 4.39 Å². The minimum atomic E-state index is -0.546. The highest BCUT2D eigenvalue weighted by molar-refractivity contribution is 7.09. The van der Waals surface area contributed by atoms with Crippen molar-refractivity contribution in [2.45, 2.75) is 26.8 Å². The molecule has 3 aromatic rings. The molecule has 1 heterocycles. The van der Waals surface area contributed by atoms with Crippen LogP contribution in [0.2, 0.25) is 0 Å². The number of nitro benzene ring substituents is 1. The standard InChI is InChI=1S/C20H18FN3O3S/c1-3-17-18(13-8-10-15(21)11-9-13)23(4-2)20(28-17)22-19(25)14-6-5-7-16(12-14)24(26)27/h5-12H,3-4H2,1-2H3. The van der Waals surface area contributed by atoms with E-state index in [4.69, 9.17) is 0 Å². The van der Waals surface area contributed by atoms with E-state index in [0.29, 0.717) is 11.3 Å². The van der Waals surface area contributed by atoms with Crippen molar-refractivity contribution in [1.29, 1.82) is 0 Å². The summed E-state index contributed by atoms with van der Waals surface area (Å²) in [6.45, 7) is 4.52. The predicted molar refractivity (Wildman–Crippen MR) is 106 cm³/mol. The number of non-ortho nitro benzene ring substituents is 1. The third-order valence-electron chi connectivity index (χ3n) is 4.24. The maximum Gasteiger partial charge on any atom is 0.279 e. The molecule has 6 nitrogen and oxygen atoms in total. The molecule has 0 unspecified atom stereocenters. The molecule has 1 amide bonds. The summed E-state index contributed by atoms with van der Waals surface area (Å²) in [4.78, 5) is 28.7. The van der Waals surface area contributed by atoms with Gasteiger partial charge in [-0.05, 0) is 49.2 Å². The molecule has 0 aliphatic rings. The molecule has 0 atom stereocenters. The molecular formula is C20H18FN3O3S. The zero-order valence-corrected chi connectivity index (χ0v) is 16.2. The van der Waals surface area contributed by atoms with Crippen molar-refractivity contribution in [3.8, 4) is 11.3 Å². The number of thiazole rings is 1. The number of carbonyl (C=O) groups is 1. The number of halogens is 1. The van der Waals surface area contributed by atoms with E-state index >= 15 is 0 Å². The number of amides is 1. The number of nitrogens with zero attached hydrogens (tertiary/aromatic N) is 3. The zero-order valence-electron chi connectivity index (χ0n) is 15.4. The van der Waals surface area contributed by atoms with Gasteiger partial charge in [0.1, 0.15) is 5.82 Å². The molecule has 0 radical (unpaired) electrons. The molecule has 144 valence electrons. The molecular weight excluding hydrogens is 381 g/mol. The van der Waals surface area contributed by atoms with E-state index in [1.165, 1.54) is 47.7 Å². The summed E-state index contributed by atoms with van der Waals surface area (Å²) < 4.78 is 15.2. The maximum absolute atomic E-state index is 13.3. The fourth-order valence-corrected chi connectivity index (χ4v) is 4.05. The minimum absolute atomic E-state index is 0.156. The van der Waals surface area contributed by atoms with Gasteiger partial charge in [0.15, 0.2) is 4.80 Å². The lowest BCUT2D eigenvalue weighted by atomic mass is 10.1. The number of aryl methyl sites for hydroxylation is 1. The predicted octanol–water partition coefficient (Wildman–Crippen LogP) is 4.59. The topological polar surface area (TPSA) is 77.5 Å². The molecule has 0 aliphatic carbocycles. The molecule has 0 aliphatic heterocycles. The normalized spacial score (nSPS) is 11.6. The Bertz CT molecular complexity index is 1100. The number of carbonyl (C=O) groups excluding carboxylic acids is 1. The monoisotopic (exact) mass is 399 g/mol. The SMILES string of the molecule is CCc1sc(=NC(=O)c2cccc([N+](=O)[O-])c2)n(CC)c1-c1ccc(F)cc1. The average Bonchev–Trinajstić information content (AvgIpc) is 3.05. The first-order valence-corrected chi connectivity index (χ1v) is 9.58. The van der Waals surface area contributed by atoms with Gasteiger partial charge >= 0.3 is 0 Å². The first-order chi connectivity index (χ1) is 13.4. The van der Waals surface area contributed by atoms with Crippen LogP contribution in [0.5, 0.6) is 0 Å². The van der Waals surface area contributed by atoms with E-state index in [1.54, 1.807) is 12.1 Å². The van der Waals surface area contributed by atoms with Crippen LogP contribution in [-0.2, 0) is 13.0 Å². The van der Waals surface area contributed by atoms with Gasteiger partial charge in [-0.1, -0.05) is 13.0 Å². The average molecular weight is 399 g/mol. The summed E-state index contributed by atoms with van der Waals surface area (Å²) in [5, 5.41) is 10.9. The van der Waals surface area contributed by atoms with Crippen LogP contribution in [0.3, 0.4) is 0 Å². The fraction of sp³-hybridized carbons (Fsp3) is 0.200. The molecule has 0 spiro atoms. The Labute approximate surface area is 164 Å². The number of aromatic nitrogens is 1. The van der Waals surface area contributed by atoms with E-state index in [9.17, 15) is 19.3 Å². The van der Waals surface area contributed by atoms with Gasteiger partial charge in [0.05, 0.1) is 10.6 Å². The second-order valence-corrected chi connectivity index (χ2v) is 7.05. The van der Waals surface area contributed by atoms with Crippen LogP contribution in [0.25, 0.3) is 11.3 Å². The lowest BCUT2D eigenvalue weighted by Crippen LogP contribution is -2.17. The lowest BCUT2D eigenvalue weighted by Gasteiger charge is -2.08. The number of rotatable bonds is 5. The van der Waals surface area contributed by atoms with Crippen molar-refractivity contribution in [2.24, 2.45) is 4.99 Å². The van der Waals surface area contributed by atoms with E-state index in [-0.39, 0.29) is 17.1 Å². The molecule has 0 saturated heterocycles. The smallest absolute Gasteiger partial charge is 0.279 e. The lowest BCUT2D eigenvalue weighted by molar-refractivity contribution is -0.384. The van der Waals surface area contributed by atoms with Crippen LogP contribution in [0.15, 0.2) is 53.5 Å². The molecule has 0 fully saturated rings. The van der Waals surface area contributed by atoms with Gasteiger partial charge in [0, 0.05) is 29.1 Å². The molecule has 3 rings (SSSR count). The van der Waals surface area contributed by atoms with Crippen molar-refractivity contribution in [3.05, 3.63) is 79.7 Å². The molecule has 0 bridgehead atoms. The maximum atomic E-state index is 13.3. The van der Waals surface area contributed by atoms with Crippen molar-refractivity contribution >= 4 is 22.9 Å². The second kappa shape index (κ2) is 8.26. The second-order valence-electron chi connectivity index (χ2n) is 5.99. The van der Waals surface area contributed by atoms with E-state index in [0.717, 1.165) is 22.6 Å². The van der Waals surface area contributed by atoms with Crippen molar-refractivity contribution in [1.82, 2.24) is 4.57 Å². The van der Waals surface area contributed by atoms with Crippen LogP contribution in [0, 0.1) is 15.9 Å². The van der Waals surface area contributed by atoms with Gasteiger partial charge in [-0.2, -0.15) is 4.99 Å². The quantitative estimate of drug-likeness (QED) is 0.465. The summed E-state index contributed by atoms with van der Waals surface area (Å²) in [7, 11) is 0. The Morgan fingerprint density at radius 2 is 1.93 bits per heavy atom. The Morgan fingerprint density at radius 1 is 1.21 bits per heavy atom. The highest BCUT2D eigenvalue weighted by atomic mass is 32.1. The van der Waals surface area contributed by atoms with Crippen molar-refractivity contribution in [2.75, 3.05) is 0 Å². The third kappa shape index (κ3) is 3.91. The number of nitro groups is 1. The third-order valence-corrected chi connectivity index (χ3v) is 5.46. The Balaban J connectivity index is 2.11. The van der Waals surface area contributed by atoms with Crippen molar-refractivity contribution in [3.63, 3.8) is 0 Å². The molecule has 28 heavy (non-hydrogen) atoms. The summed E-state index contributed by atoms with van der Waals surface area (Å²) in [6, 6.07) is 11.7. The van der Waals surface area contributed by atoms with Gasteiger partial charge < -0.3 is 4.57 Å². The van der Waals surface area contributed by atoms with Gasteiger partial charge in [-0.3, -0.25) is 14.9 Å². The first kappa shape index (κ1) is 19.6. The Hall–Kier alpha value is -3.13. The number of benzene rings is 2. The van der Waals surface area contributed by atoms with Crippen LogP contribution in [-0.4, -0.2) is 15.4 Å². The highest BCUT2D eigenvalue weighted by Crippen LogP contribution is 2.27. The number of hydrogen-bond donors (Lipinski definition) is 0. The van der Waals surface area contributed by atoms with Crippen LogP contribution in [0.1, 0.15) is 29.1 Å². The zero-order chi connectivity index (χ0) is 20.3. The molecule has 8 heteroatoms. The Kier molecular flexibility index (Phi) is 5.79. The van der Waals surface area contributed by atoms with Gasteiger partial charge in [0.2, 0.25) is 0 Å². The van der Waals surface area contributed by atoms with Crippen molar-refractivity contribution < 1.29 is 14.1 Å². The Morgan fingerprint density at radius 3 is 2.54 bits per heavy atom. The van der Waals surface area contributed by atoms with Crippen LogP contribution in [0.4, 0.5) is 10.1 Å². The van der Waals surface area contributed by atoms with E-state index in [2.05, 4.69) is 4.99 Å². The summed E-state index contributed by atoms with van der Waals surface area (Å²) in [5.74, 6) is -0.855. The molecule has 1 aromatic heterocycles. The summed E-state index contributed by atoms with van der Waals surface area (Å²) in [5.41, 5.74) is 1.75. The minimum Gasteiger partial charge on any atom is -0.316 e. The molecule has 2 aromatic carbocycles. The number of hydrogen-bond acceptors (Lipinski definition) is 4.